The van der Waals surface area contributed by atoms with E-state index in [0.29, 0.717) is 12.8 Å². The van der Waals surface area contributed by atoms with Crippen LogP contribution in [0, 0.1) is 0 Å². The topological polar surface area (TPSA) is 108 Å². The van der Waals surface area contributed by atoms with Crippen LogP contribution >= 0.6 is 0 Å². The number of rotatable bonds is 10. The van der Waals surface area contributed by atoms with Crippen LogP contribution in [0.2, 0.25) is 0 Å². The Morgan fingerprint density at radius 3 is 2.32 bits per heavy atom. The molecule has 1 aromatic carbocycles. The summed E-state index contributed by atoms with van der Waals surface area (Å²) >= 11 is 0. The summed E-state index contributed by atoms with van der Waals surface area (Å²) in [6, 6.07) is 8.27. The van der Waals surface area contributed by atoms with Crippen LogP contribution in [-0.2, 0) is 35.2 Å². The lowest BCUT2D eigenvalue weighted by Crippen LogP contribution is -2.44. The SMILES string of the molecule is CC(C)(C)OC(=O)N[C@@H](CCCCOS(C)(=O)=O)C(=O)OCc1ccccc1. The van der Waals surface area contributed by atoms with E-state index >= 15 is 0 Å². The summed E-state index contributed by atoms with van der Waals surface area (Å²) in [6.45, 7) is 5.26. The third kappa shape index (κ3) is 11.6. The molecule has 0 aliphatic carbocycles. The van der Waals surface area contributed by atoms with Crippen LogP contribution in [0.5, 0.6) is 0 Å². The van der Waals surface area contributed by atoms with Gasteiger partial charge >= 0.3 is 12.1 Å². The van der Waals surface area contributed by atoms with Crippen molar-refractivity contribution < 1.29 is 31.7 Å². The van der Waals surface area contributed by atoms with E-state index in [1.807, 2.05) is 30.3 Å². The summed E-state index contributed by atoms with van der Waals surface area (Å²) in [6.07, 6.45) is 1.38. The maximum absolute atomic E-state index is 12.4. The first-order chi connectivity index (χ1) is 13.0. The lowest BCUT2D eigenvalue weighted by Gasteiger charge is -2.23. The van der Waals surface area contributed by atoms with Crippen LogP contribution in [-0.4, -0.2) is 45.0 Å². The zero-order chi connectivity index (χ0) is 21.2. The molecule has 9 heteroatoms. The molecule has 0 aromatic heterocycles. The van der Waals surface area contributed by atoms with Gasteiger partial charge < -0.3 is 14.8 Å². The van der Waals surface area contributed by atoms with Crippen molar-refractivity contribution >= 4 is 22.2 Å². The molecule has 1 atom stereocenters. The van der Waals surface area contributed by atoms with Crippen LogP contribution in [0.15, 0.2) is 30.3 Å². The van der Waals surface area contributed by atoms with Gasteiger partial charge in [0.05, 0.1) is 12.9 Å². The van der Waals surface area contributed by atoms with Gasteiger partial charge in [0.1, 0.15) is 18.2 Å². The van der Waals surface area contributed by atoms with Crippen LogP contribution in [0.4, 0.5) is 4.79 Å². The average molecular weight is 416 g/mol. The minimum absolute atomic E-state index is 0.0110. The number of ether oxygens (including phenoxy) is 2. The fourth-order valence-electron chi connectivity index (χ4n) is 2.19. The molecule has 0 fully saturated rings. The minimum Gasteiger partial charge on any atom is -0.459 e. The van der Waals surface area contributed by atoms with Gasteiger partial charge in [0.25, 0.3) is 10.1 Å². The zero-order valence-electron chi connectivity index (χ0n) is 16.8. The Morgan fingerprint density at radius 2 is 1.75 bits per heavy atom. The van der Waals surface area contributed by atoms with E-state index < -0.39 is 33.8 Å². The molecule has 0 radical (unpaired) electrons. The van der Waals surface area contributed by atoms with Gasteiger partial charge in [-0.2, -0.15) is 8.42 Å². The molecule has 0 aliphatic heterocycles. The van der Waals surface area contributed by atoms with Crippen LogP contribution in [0.1, 0.15) is 45.6 Å². The maximum Gasteiger partial charge on any atom is 0.408 e. The summed E-state index contributed by atoms with van der Waals surface area (Å²) in [5.41, 5.74) is 0.125. The molecule has 0 unspecified atom stereocenters. The largest absolute Gasteiger partial charge is 0.459 e. The molecule has 8 nitrogen and oxygen atoms in total. The Morgan fingerprint density at radius 1 is 1.11 bits per heavy atom. The molecule has 0 saturated heterocycles. The van der Waals surface area contributed by atoms with Crippen molar-refractivity contribution in [2.45, 2.75) is 58.3 Å². The number of amides is 1. The summed E-state index contributed by atoms with van der Waals surface area (Å²) in [5.74, 6) is -0.584. The number of carbonyl (C=O) groups excluding carboxylic acids is 2. The molecule has 0 heterocycles. The van der Waals surface area contributed by atoms with E-state index in [4.69, 9.17) is 9.47 Å². The Labute approximate surface area is 166 Å². The Hall–Kier alpha value is -2.13. The number of nitrogens with one attached hydrogen (secondary N) is 1. The van der Waals surface area contributed by atoms with Crippen LogP contribution in [0.3, 0.4) is 0 Å². The molecule has 1 N–H and O–H groups in total. The number of hydrogen-bond acceptors (Lipinski definition) is 7. The molecule has 1 amide bonds. The van der Waals surface area contributed by atoms with Crippen LogP contribution in [0.25, 0.3) is 0 Å². The molecule has 0 saturated carbocycles. The Bertz CT molecular complexity index is 726. The van der Waals surface area contributed by atoms with Crippen molar-refractivity contribution in [2.24, 2.45) is 0 Å². The van der Waals surface area contributed by atoms with Crippen molar-refractivity contribution in [1.29, 1.82) is 0 Å². The number of esters is 1. The quantitative estimate of drug-likeness (QED) is 0.356. The van der Waals surface area contributed by atoms with E-state index in [-0.39, 0.29) is 19.6 Å². The van der Waals surface area contributed by atoms with Gasteiger partial charge in [-0.15, -0.1) is 0 Å². The van der Waals surface area contributed by atoms with Gasteiger partial charge in [-0.25, -0.2) is 9.59 Å². The number of benzene rings is 1. The monoisotopic (exact) mass is 415 g/mol. The lowest BCUT2D eigenvalue weighted by molar-refractivity contribution is -0.147. The third-order valence-corrected chi connectivity index (χ3v) is 3.98. The van der Waals surface area contributed by atoms with E-state index in [1.54, 1.807) is 20.8 Å². The molecule has 0 spiro atoms. The highest BCUT2D eigenvalue weighted by atomic mass is 32.2. The van der Waals surface area contributed by atoms with E-state index in [1.165, 1.54) is 0 Å². The van der Waals surface area contributed by atoms with Crippen molar-refractivity contribution in [1.82, 2.24) is 5.32 Å². The molecular weight excluding hydrogens is 386 g/mol. The third-order valence-electron chi connectivity index (χ3n) is 3.38. The summed E-state index contributed by atoms with van der Waals surface area (Å²) in [7, 11) is -3.50. The van der Waals surface area contributed by atoms with Crippen molar-refractivity contribution in [2.75, 3.05) is 12.9 Å². The maximum atomic E-state index is 12.4. The number of carbonyl (C=O) groups is 2. The molecule has 28 heavy (non-hydrogen) atoms. The smallest absolute Gasteiger partial charge is 0.408 e. The van der Waals surface area contributed by atoms with Crippen LogP contribution < -0.4 is 5.32 Å². The van der Waals surface area contributed by atoms with Gasteiger partial charge in [0.2, 0.25) is 0 Å². The van der Waals surface area contributed by atoms with E-state index in [9.17, 15) is 18.0 Å². The molecular formula is C19H29NO7S. The summed E-state index contributed by atoms with van der Waals surface area (Å²) in [4.78, 5) is 24.4. The molecule has 1 rings (SSSR count). The van der Waals surface area contributed by atoms with Crippen molar-refractivity contribution in [3.05, 3.63) is 35.9 Å². The molecule has 158 valence electrons. The lowest BCUT2D eigenvalue weighted by atomic mass is 10.1. The Kier molecular flexibility index (Phi) is 9.40. The minimum atomic E-state index is -3.50. The van der Waals surface area contributed by atoms with Gasteiger partial charge in [-0.1, -0.05) is 30.3 Å². The second-order valence-electron chi connectivity index (χ2n) is 7.31. The first kappa shape index (κ1) is 23.9. The van der Waals surface area contributed by atoms with E-state index in [0.717, 1.165) is 11.8 Å². The van der Waals surface area contributed by atoms with Gasteiger partial charge in [-0.3, -0.25) is 4.18 Å². The normalized spacial score (nSPS) is 12.9. The van der Waals surface area contributed by atoms with E-state index in [2.05, 4.69) is 9.50 Å². The number of hydrogen-bond donors (Lipinski definition) is 1. The first-order valence-corrected chi connectivity index (χ1v) is 10.8. The summed E-state index contributed by atoms with van der Waals surface area (Å²) < 4.78 is 37.1. The highest BCUT2D eigenvalue weighted by Gasteiger charge is 2.25. The number of alkyl carbamates (subject to hydrolysis) is 1. The average Bonchev–Trinajstić information content (AvgIpc) is 2.56. The van der Waals surface area contributed by atoms with Gasteiger partial charge in [0.15, 0.2) is 0 Å². The molecule has 0 aliphatic rings. The fraction of sp³-hybridized carbons (Fsp3) is 0.579. The van der Waals surface area contributed by atoms with Crippen molar-refractivity contribution in [3.63, 3.8) is 0 Å². The first-order valence-electron chi connectivity index (χ1n) is 9.01. The van der Waals surface area contributed by atoms with Gasteiger partial charge in [0, 0.05) is 0 Å². The highest BCUT2D eigenvalue weighted by molar-refractivity contribution is 7.85. The second kappa shape index (κ2) is 11.0. The molecule has 1 aromatic rings. The predicted octanol–water partition coefficient (Wildman–Crippen LogP) is 2.77. The van der Waals surface area contributed by atoms with Crippen molar-refractivity contribution in [3.8, 4) is 0 Å². The Balaban J connectivity index is 2.59. The predicted molar refractivity (Wildman–Crippen MR) is 104 cm³/mol. The number of unbranched alkanes of at least 4 members (excludes halogenated alkanes) is 1. The highest BCUT2D eigenvalue weighted by Crippen LogP contribution is 2.10. The fourth-order valence-corrected chi connectivity index (χ4v) is 2.61. The standard InChI is InChI=1S/C19H29NO7S/c1-19(2,3)27-18(22)20-16(12-8-9-13-26-28(4,23)24)17(21)25-14-15-10-6-5-7-11-15/h5-7,10-11,16H,8-9,12-14H2,1-4H3,(H,20,22)/t16-/m0/s1. The summed E-state index contributed by atoms with van der Waals surface area (Å²) in [5, 5.41) is 2.52. The van der Waals surface area contributed by atoms with Gasteiger partial charge in [-0.05, 0) is 45.6 Å². The zero-order valence-corrected chi connectivity index (χ0v) is 17.6. The molecule has 0 bridgehead atoms. The second-order valence-corrected chi connectivity index (χ2v) is 8.96.